The number of halogens is 2. The second kappa shape index (κ2) is 9.13. The largest absolute Gasteiger partial charge is 0.361 e. The SMILES string of the molecule is Cc1nc2c(s1)C(=O)N(c1ccc3c(c1)ncn3COCC[Si](C)(C)C)C2c1ccc(Cl)cc1F. The number of anilines is 1. The number of fused-ring (bicyclic) bond motifs is 2. The molecule has 1 amide bonds. The van der Waals surface area contributed by atoms with E-state index in [9.17, 15) is 4.79 Å². The van der Waals surface area contributed by atoms with Crippen molar-refractivity contribution in [2.75, 3.05) is 11.5 Å². The molecule has 2 aromatic carbocycles. The van der Waals surface area contributed by atoms with E-state index in [1.165, 1.54) is 17.4 Å². The van der Waals surface area contributed by atoms with Crippen LogP contribution in [-0.2, 0) is 11.5 Å². The van der Waals surface area contributed by atoms with Gasteiger partial charge in [-0.15, -0.1) is 11.3 Å². The molecule has 4 aromatic rings. The van der Waals surface area contributed by atoms with Crippen LogP contribution >= 0.6 is 22.9 Å². The molecular weight excluding hydrogens is 503 g/mol. The number of nitrogens with zero attached hydrogens (tertiary/aromatic N) is 4. The maximum atomic E-state index is 15.0. The first-order chi connectivity index (χ1) is 16.6. The Morgan fingerprint density at radius 2 is 2.00 bits per heavy atom. The molecule has 0 fully saturated rings. The fourth-order valence-corrected chi connectivity index (χ4v) is 6.06. The topological polar surface area (TPSA) is 60.2 Å². The van der Waals surface area contributed by atoms with Gasteiger partial charge >= 0.3 is 0 Å². The van der Waals surface area contributed by atoms with Crippen molar-refractivity contribution in [2.24, 2.45) is 0 Å². The molecule has 2 aromatic heterocycles. The summed E-state index contributed by atoms with van der Waals surface area (Å²) in [6.07, 6.45) is 1.74. The van der Waals surface area contributed by atoms with Gasteiger partial charge in [-0.05, 0) is 43.3 Å². The lowest BCUT2D eigenvalue weighted by molar-refractivity contribution is 0.0898. The van der Waals surface area contributed by atoms with Gasteiger partial charge in [0, 0.05) is 31.0 Å². The maximum absolute atomic E-state index is 15.0. The van der Waals surface area contributed by atoms with Crippen LogP contribution in [0.4, 0.5) is 10.1 Å². The van der Waals surface area contributed by atoms with Crippen molar-refractivity contribution in [1.82, 2.24) is 14.5 Å². The Kier molecular flexibility index (Phi) is 6.29. The zero-order chi connectivity index (χ0) is 24.9. The number of thiazole rings is 1. The lowest BCUT2D eigenvalue weighted by atomic mass is 10.0. The molecular formula is C25H26ClFN4O2SSi. The second-order valence-corrected chi connectivity index (χ2v) is 17.2. The van der Waals surface area contributed by atoms with Gasteiger partial charge in [0.1, 0.15) is 23.5 Å². The monoisotopic (exact) mass is 528 g/mol. The molecule has 0 spiro atoms. The van der Waals surface area contributed by atoms with Crippen LogP contribution in [0.15, 0.2) is 42.7 Å². The standard InChI is InChI=1S/C25H26ClFN4O2SSi/c1-15-29-22-23(18-7-5-16(26)11-19(18)27)31(25(32)24(22)34-15)17-6-8-21-20(12-17)28-13-30(21)14-33-9-10-35(2,3)4/h5-8,11-13,23H,9-10,14H2,1-4H3. The minimum Gasteiger partial charge on any atom is -0.361 e. The predicted molar refractivity (Wildman–Crippen MR) is 141 cm³/mol. The third kappa shape index (κ3) is 4.65. The molecule has 182 valence electrons. The van der Waals surface area contributed by atoms with E-state index in [0.717, 1.165) is 28.7 Å². The van der Waals surface area contributed by atoms with Gasteiger partial charge in [0.05, 0.1) is 28.1 Å². The Bertz CT molecular complexity index is 1430. The molecule has 0 aliphatic carbocycles. The molecule has 0 bridgehead atoms. The van der Waals surface area contributed by atoms with Crippen molar-refractivity contribution in [2.45, 2.75) is 45.4 Å². The van der Waals surface area contributed by atoms with Gasteiger partial charge in [0.25, 0.3) is 5.91 Å². The summed E-state index contributed by atoms with van der Waals surface area (Å²) in [5.74, 6) is -0.668. The van der Waals surface area contributed by atoms with Crippen molar-refractivity contribution < 1.29 is 13.9 Å². The fourth-order valence-electron chi connectivity index (χ4n) is 4.25. The van der Waals surface area contributed by atoms with Gasteiger partial charge in [-0.1, -0.05) is 37.3 Å². The van der Waals surface area contributed by atoms with E-state index in [1.54, 1.807) is 23.4 Å². The molecule has 0 saturated heterocycles. The number of benzene rings is 2. The van der Waals surface area contributed by atoms with E-state index in [-0.39, 0.29) is 5.91 Å². The van der Waals surface area contributed by atoms with Crippen LogP contribution in [0.25, 0.3) is 11.0 Å². The molecule has 3 heterocycles. The molecule has 6 nitrogen and oxygen atoms in total. The molecule has 0 saturated carbocycles. The van der Waals surface area contributed by atoms with Crippen molar-refractivity contribution in [3.05, 3.63) is 74.7 Å². The molecule has 0 radical (unpaired) electrons. The van der Waals surface area contributed by atoms with Crippen LogP contribution in [0.2, 0.25) is 30.7 Å². The van der Waals surface area contributed by atoms with Crippen molar-refractivity contribution in [3.8, 4) is 0 Å². The fraction of sp³-hybridized carbons (Fsp3) is 0.320. The van der Waals surface area contributed by atoms with Gasteiger partial charge in [0.2, 0.25) is 0 Å². The molecule has 5 rings (SSSR count). The third-order valence-electron chi connectivity index (χ3n) is 6.06. The van der Waals surface area contributed by atoms with Crippen molar-refractivity contribution in [1.29, 1.82) is 0 Å². The van der Waals surface area contributed by atoms with E-state index < -0.39 is 19.9 Å². The highest BCUT2D eigenvalue weighted by molar-refractivity contribution is 7.14. The molecule has 10 heteroatoms. The first kappa shape index (κ1) is 24.1. The van der Waals surface area contributed by atoms with Crippen molar-refractivity contribution in [3.63, 3.8) is 0 Å². The van der Waals surface area contributed by atoms with Crippen LogP contribution in [0.3, 0.4) is 0 Å². The van der Waals surface area contributed by atoms with Crippen LogP contribution in [0.1, 0.15) is 32.0 Å². The summed E-state index contributed by atoms with van der Waals surface area (Å²) >= 11 is 7.32. The first-order valence-electron chi connectivity index (χ1n) is 11.4. The molecule has 35 heavy (non-hydrogen) atoms. The smallest absolute Gasteiger partial charge is 0.271 e. The van der Waals surface area contributed by atoms with E-state index in [4.69, 9.17) is 16.3 Å². The zero-order valence-corrected chi connectivity index (χ0v) is 22.6. The highest BCUT2D eigenvalue weighted by Crippen LogP contribution is 2.44. The minimum absolute atomic E-state index is 0.196. The summed E-state index contributed by atoms with van der Waals surface area (Å²) in [4.78, 5) is 24.7. The summed E-state index contributed by atoms with van der Waals surface area (Å²) in [6, 6.07) is 10.6. The number of hydrogen-bond acceptors (Lipinski definition) is 5. The van der Waals surface area contributed by atoms with Crippen LogP contribution < -0.4 is 4.90 Å². The lowest BCUT2D eigenvalue weighted by Gasteiger charge is -2.26. The molecule has 1 unspecified atom stereocenters. The number of ether oxygens (including phenoxy) is 1. The third-order valence-corrected chi connectivity index (χ3v) is 8.97. The molecule has 1 aliphatic heterocycles. The Morgan fingerprint density at radius 1 is 1.20 bits per heavy atom. The van der Waals surface area contributed by atoms with Gasteiger partial charge in [-0.25, -0.2) is 14.4 Å². The highest BCUT2D eigenvalue weighted by Gasteiger charge is 2.43. The summed E-state index contributed by atoms with van der Waals surface area (Å²) in [7, 11) is -1.15. The average Bonchev–Trinajstić information content (AvgIpc) is 3.43. The zero-order valence-electron chi connectivity index (χ0n) is 20.0. The summed E-state index contributed by atoms with van der Waals surface area (Å²) in [5.41, 5.74) is 3.20. The Morgan fingerprint density at radius 3 is 2.74 bits per heavy atom. The van der Waals surface area contributed by atoms with Gasteiger partial charge in [-0.2, -0.15) is 0 Å². The number of rotatable bonds is 7. The Hall–Kier alpha value is -2.59. The van der Waals surface area contributed by atoms with E-state index in [0.29, 0.717) is 33.6 Å². The number of imidazole rings is 1. The van der Waals surface area contributed by atoms with Crippen molar-refractivity contribution >= 4 is 53.6 Å². The quantitative estimate of drug-likeness (QED) is 0.199. The average molecular weight is 529 g/mol. The highest BCUT2D eigenvalue weighted by atomic mass is 35.5. The Balaban J connectivity index is 1.48. The molecule has 1 aliphatic rings. The van der Waals surface area contributed by atoms with Gasteiger partial charge in [-0.3, -0.25) is 9.69 Å². The van der Waals surface area contributed by atoms with E-state index >= 15 is 4.39 Å². The van der Waals surface area contributed by atoms with Crippen LogP contribution in [0.5, 0.6) is 0 Å². The number of amides is 1. The second-order valence-electron chi connectivity index (χ2n) is 9.93. The number of carbonyl (C=O) groups is 1. The predicted octanol–water partition coefficient (Wildman–Crippen LogP) is 6.66. The maximum Gasteiger partial charge on any atom is 0.271 e. The van der Waals surface area contributed by atoms with Gasteiger partial charge < -0.3 is 9.30 Å². The molecule has 0 N–H and O–H groups in total. The number of aromatic nitrogens is 3. The van der Waals surface area contributed by atoms with E-state index in [2.05, 4.69) is 29.6 Å². The lowest BCUT2D eigenvalue weighted by Crippen LogP contribution is -2.29. The normalized spacial score (nSPS) is 15.9. The summed E-state index contributed by atoms with van der Waals surface area (Å²) < 4.78 is 22.9. The first-order valence-corrected chi connectivity index (χ1v) is 16.3. The Labute approximate surface area is 213 Å². The van der Waals surface area contributed by atoms with Gasteiger partial charge in [0.15, 0.2) is 0 Å². The minimum atomic E-state index is -1.15. The summed E-state index contributed by atoms with van der Waals surface area (Å²) in [5, 5.41) is 1.07. The van der Waals surface area contributed by atoms with Crippen LogP contribution in [0, 0.1) is 12.7 Å². The number of hydrogen-bond donors (Lipinski definition) is 0. The van der Waals surface area contributed by atoms with E-state index in [1.807, 2.05) is 29.7 Å². The summed E-state index contributed by atoms with van der Waals surface area (Å²) in [6.45, 7) is 9.96. The number of carbonyl (C=O) groups excluding carboxylic acids is 1. The van der Waals surface area contributed by atoms with Crippen LogP contribution in [-0.4, -0.2) is 35.1 Å². The molecule has 1 atom stereocenters. The number of aryl methyl sites for hydroxylation is 1.